The first kappa shape index (κ1) is 18.0. The average molecular weight is 375 g/mol. The van der Waals surface area contributed by atoms with Crippen LogP contribution < -0.4 is 10.1 Å². The molecule has 0 saturated carbocycles. The van der Waals surface area contributed by atoms with Gasteiger partial charge in [-0.2, -0.15) is 0 Å². The summed E-state index contributed by atoms with van der Waals surface area (Å²) < 4.78 is 5.24. The van der Waals surface area contributed by atoms with Gasteiger partial charge in [-0.3, -0.25) is 4.79 Å². The second-order valence-electron chi connectivity index (χ2n) is 5.84. The third-order valence-corrected chi connectivity index (χ3v) is 4.25. The number of hydrogen-bond acceptors (Lipinski definition) is 4. The summed E-state index contributed by atoms with van der Waals surface area (Å²) in [6.45, 7) is 2.71. The van der Waals surface area contributed by atoms with Gasteiger partial charge in [0.1, 0.15) is 11.4 Å². The zero-order valence-electron chi connectivity index (χ0n) is 14.5. The lowest BCUT2D eigenvalue weighted by Crippen LogP contribution is -2.47. The number of pyridine rings is 1. The van der Waals surface area contributed by atoms with Crippen LogP contribution in [0, 0.1) is 6.92 Å². The number of nitrogens with one attached hydrogen (secondary N) is 1. The predicted molar refractivity (Wildman–Crippen MR) is 98.4 cm³/mol. The van der Waals surface area contributed by atoms with Gasteiger partial charge in [-0.15, -0.1) is 0 Å². The minimum absolute atomic E-state index is 0.306. The molecule has 1 saturated heterocycles. The molecule has 8 heteroatoms. The quantitative estimate of drug-likeness (QED) is 0.894. The number of nitrogens with zero attached hydrogens (tertiary/aromatic N) is 3. The largest absolute Gasteiger partial charge is 0.495 e. The number of anilines is 1. The van der Waals surface area contributed by atoms with Crippen molar-refractivity contribution in [2.24, 2.45) is 0 Å². The van der Waals surface area contributed by atoms with Crippen LogP contribution in [-0.2, 0) is 0 Å². The number of methoxy groups -OCH3 is 1. The fourth-order valence-electron chi connectivity index (χ4n) is 2.79. The number of hydrazine groups is 1. The molecule has 1 aromatic carbocycles. The molecule has 3 rings (SSSR count). The maximum atomic E-state index is 12.7. The molecule has 3 amide bonds. The van der Waals surface area contributed by atoms with Crippen LogP contribution in [0.15, 0.2) is 36.4 Å². The van der Waals surface area contributed by atoms with E-state index >= 15 is 0 Å². The van der Waals surface area contributed by atoms with Gasteiger partial charge in [-0.05, 0) is 43.7 Å². The van der Waals surface area contributed by atoms with Crippen molar-refractivity contribution >= 4 is 29.2 Å². The molecule has 136 valence electrons. The number of aromatic nitrogens is 1. The molecule has 1 aliphatic heterocycles. The summed E-state index contributed by atoms with van der Waals surface area (Å²) in [6, 6.07) is 9.74. The normalized spacial score (nSPS) is 13.7. The average Bonchev–Trinajstić information content (AvgIpc) is 3.11. The lowest BCUT2D eigenvalue weighted by atomic mass is 10.3. The van der Waals surface area contributed by atoms with Crippen LogP contribution in [-0.4, -0.2) is 47.1 Å². The maximum absolute atomic E-state index is 12.7. The molecule has 1 aromatic heterocycles. The van der Waals surface area contributed by atoms with Gasteiger partial charge < -0.3 is 10.1 Å². The standard InChI is InChI=1S/C18H19ClN4O3/c1-12-5-3-6-14(20-12)17(24)22-9-4-10-23(22)18(25)21-15-11-13(19)7-8-16(15)26-2/h3,5-8,11H,4,9-10H2,1-2H3,(H,21,25). The molecule has 7 nitrogen and oxygen atoms in total. The van der Waals surface area contributed by atoms with Crippen molar-refractivity contribution in [1.82, 2.24) is 15.0 Å². The molecule has 0 radical (unpaired) electrons. The van der Waals surface area contributed by atoms with Gasteiger partial charge >= 0.3 is 6.03 Å². The molecular weight excluding hydrogens is 356 g/mol. The molecule has 1 N–H and O–H groups in total. The van der Waals surface area contributed by atoms with Gasteiger partial charge in [0.15, 0.2) is 0 Å². The third-order valence-electron chi connectivity index (χ3n) is 4.01. The maximum Gasteiger partial charge on any atom is 0.340 e. The third kappa shape index (κ3) is 3.72. The van der Waals surface area contributed by atoms with Crippen LogP contribution in [0.1, 0.15) is 22.6 Å². The molecule has 0 bridgehead atoms. The summed E-state index contributed by atoms with van der Waals surface area (Å²) in [7, 11) is 1.51. The Labute approximate surface area is 156 Å². The number of aryl methyl sites for hydroxylation is 1. The van der Waals surface area contributed by atoms with Crippen LogP contribution in [0.4, 0.5) is 10.5 Å². The topological polar surface area (TPSA) is 74.8 Å². The van der Waals surface area contributed by atoms with Crippen molar-refractivity contribution in [3.63, 3.8) is 0 Å². The predicted octanol–water partition coefficient (Wildman–Crippen LogP) is 3.35. The Hall–Kier alpha value is -2.80. The van der Waals surface area contributed by atoms with Crippen molar-refractivity contribution in [2.45, 2.75) is 13.3 Å². The van der Waals surface area contributed by atoms with Crippen LogP contribution >= 0.6 is 11.6 Å². The van der Waals surface area contributed by atoms with Crippen LogP contribution in [0.3, 0.4) is 0 Å². The SMILES string of the molecule is COc1ccc(Cl)cc1NC(=O)N1CCCN1C(=O)c1cccc(C)n1. The Morgan fingerprint density at radius 3 is 2.69 bits per heavy atom. The molecule has 1 aliphatic rings. The summed E-state index contributed by atoms with van der Waals surface area (Å²) >= 11 is 6.00. The lowest BCUT2D eigenvalue weighted by molar-refractivity contribution is 0.0398. The molecule has 1 fully saturated rings. The lowest BCUT2D eigenvalue weighted by Gasteiger charge is -2.28. The van der Waals surface area contributed by atoms with E-state index in [1.165, 1.54) is 17.1 Å². The van der Waals surface area contributed by atoms with Crippen LogP contribution in [0.5, 0.6) is 5.75 Å². The molecule has 0 spiro atoms. The van der Waals surface area contributed by atoms with E-state index < -0.39 is 6.03 Å². The smallest absolute Gasteiger partial charge is 0.340 e. The second kappa shape index (κ2) is 7.61. The van der Waals surface area contributed by atoms with E-state index in [1.54, 1.807) is 30.3 Å². The van der Waals surface area contributed by atoms with E-state index in [2.05, 4.69) is 10.3 Å². The van der Waals surface area contributed by atoms with E-state index in [4.69, 9.17) is 16.3 Å². The van der Waals surface area contributed by atoms with Gasteiger partial charge in [-0.1, -0.05) is 17.7 Å². The number of rotatable bonds is 3. The highest BCUT2D eigenvalue weighted by molar-refractivity contribution is 6.31. The Bertz CT molecular complexity index is 843. The first-order valence-corrected chi connectivity index (χ1v) is 8.55. The highest BCUT2D eigenvalue weighted by atomic mass is 35.5. The van der Waals surface area contributed by atoms with Gasteiger partial charge in [0.25, 0.3) is 5.91 Å². The first-order valence-electron chi connectivity index (χ1n) is 8.17. The summed E-state index contributed by atoms with van der Waals surface area (Å²) in [5, 5.41) is 6.02. The van der Waals surface area contributed by atoms with Gasteiger partial charge in [0.2, 0.25) is 0 Å². The number of carbonyl (C=O) groups excluding carboxylic acids is 2. The fraction of sp³-hybridized carbons (Fsp3) is 0.278. The monoisotopic (exact) mass is 374 g/mol. The molecule has 2 heterocycles. The Kier molecular flexibility index (Phi) is 5.27. The Balaban J connectivity index is 1.78. The highest BCUT2D eigenvalue weighted by Gasteiger charge is 2.32. The number of halogens is 1. The van der Waals surface area contributed by atoms with Crippen molar-refractivity contribution in [3.8, 4) is 5.75 Å². The van der Waals surface area contributed by atoms with Gasteiger partial charge in [-0.25, -0.2) is 19.8 Å². The molecule has 2 aromatic rings. The summed E-state index contributed by atoms with van der Waals surface area (Å²) in [5.74, 6) is 0.180. The number of carbonyl (C=O) groups is 2. The summed E-state index contributed by atoms with van der Waals surface area (Å²) in [4.78, 5) is 29.7. The minimum atomic E-state index is -0.427. The van der Waals surface area contributed by atoms with Crippen molar-refractivity contribution in [1.29, 1.82) is 0 Å². The van der Waals surface area contributed by atoms with Crippen LogP contribution in [0.2, 0.25) is 5.02 Å². The van der Waals surface area contributed by atoms with Crippen molar-refractivity contribution < 1.29 is 14.3 Å². The van der Waals surface area contributed by atoms with E-state index in [-0.39, 0.29) is 5.91 Å². The second-order valence-corrected chi connectivity index (χ2v) is 6.28. The molecule has 0 aliphatic carbocycles. The van der Waals surface area contributed by atoms with E-state index in [9.17, 15) is 9.59 Å². The molecule has 0 atom stereocenters. The van der Waals surface area contributed by atoms with E-state index in [0.29, 0.717) is 41.7 Å². The van der Waals surface area contributed by atoms with Gasteiger partial charge in [0.05, 0.1) is 12.8 Å². The summed E-state index contributed by atoms with van der Waals surface area (Å²) in [6.07, 6.45) is 0.692. The molecule has 26 heavy (non-hydrogen) atoms. The number of hydrogen-bond donors (Lipinski definition) is 1. The molecular formula is C18H19ClN4O3. The number of benzene rings is 1. The Morgan fingerprint density at radius 2 is 1.96 bits per heavy atom. The van der Waals surface area contributed by atoms with Crippen molar-refractivity contribution in [3.05, 3.63) is 52.8 Å². The fourth-order valence-corrected chi connectivity index (χ4v) is 2.96. The van der Waals surface area contributed by atoms with E-state index in [1.807, 2.05) is 13.0 Å². The van der Waals surface area contributed by atoms with Crippen LogP contribution in [0.25, 0.3) is 0 Å². The van der Waals surface area contributed by atoms with Gasteiger partial charge in [0, 0.05) is 23.8 Å². The first-order chi connectivity index (χ1) is 12.5. The molecule has 0 unspecified atom stereocenters. The van der Waals surface area contributed by atoms with E-state index in [0.717, 1.165) is 5.69 Å². The zero-order valence-corrected chi connectivity index (χ0v) is 15.3. The summed E-state index contributed by atoms with van der Waals surface area (Å²) in [5.41, 5.74) is 1.50. The number of ether oxygens (including phenoxy) is 1. The highest BCUT2D eigenvalue weighted by Crippen LogP contribution is 2.28. The Morgan fingerprint density at radius 1 is 1.19 bits per heavy atom. The number of amides is 3. The minimum Gasteiger partial charge on any atom is -0.495 e. The number of urea groups is 1. The zero-order chi connectivity index (χ0) is 18.7. The van der Waals surface area contributed by atoms with Crippen molar-refractivity contribution in [2.75, 3.05) is 25.5 Å².